The van der Waals surface area contributed by atoms with E-state index in [1.165, 1.54) is 35.2 Å². The SMILES string of the molecule is CCNC(=O)C(C)N(Cc1ccccc1C)C(=O)CN(c1ccccc1F)S(=O)(=O)c1ccccc1. The summed E-state index contributed by atoms with van der Waals surface area (Å²) in [6.45, 7) is 5.01. The van der Waals surface area contributed by atoms with E-state index in [1.807, 2.05) is 31.2 Å². The first-order valence-corrected chi connectivity index (χ1v) is 13.0. The minimum atomic E-state index is -4.30. The summed E-state index contributed by atoms with van der Waals surface area (Å²) in [7, 11) is -4.30. The zero-order chi connectivity index (χ0) is 26.3. The molecule has 1 unspecified atom stereocenters. The van der Waals surface area contributed by atoms with Crippen LogP contribution in [0.4, 0.5) is 10.1 Å². The molecule has 0 saturated carbocycles. The Morgan fingerprint density at radius 3 is 2.19 bits per heavy atom. The van der Waals surface area contributed by atoms with Crippen molar-refractivity contribution >= 4 is 27.5 Å². The predicted octanol–water partition coefficient (Wildman–Crippen LogP) is 3.88. The number of anilines is 1. The summed E-state index contributed by atoms with van der Waals surface area (Å²) in [5.74, 6) is -1.80. The van der Waals surface area contributed by atoms with Crippen LogP contribution in [0.25, 0.3) is 0 Å². The number of carbonyl (C=O) groups is 2. The van der Waals surface area contributed by atoms with Gasteiger partial charge in [-0.2, -0.15) is 0 Å². The van der Waals surface area contributed by atoms with Crippen LogP contribution >= 0.6 is 0 Å². The van der Waals surface area contributed by atoms with Gasteiger partial charge in [-0.3, -0.25) is 13.9 Å². The Balaban J connectivity index is 2.04. The Morgan fingerprint density at radius 2 is 1.56 bits per heavy atom. The van der Waals surface area contributed by atoms with Crippen LogP contribution < -0.4 is 9.62 Å². The zero-order valence-electron chi connectivity index (χ0n) is 20.5. The number of hydrogen-bond donors (Lipinski definition) is 1. The van der Waals surface area contributed by atoms with E-state index in [-0.39, 0.29) is 23.0 Å². The number of para-hydroxylation sites is 1. The van der Waals surface area contributed by atoms with Gasteiger partial charge in [0.2, 0.25) is 11.8 Å². The molecular weight excluding hydrogens is 481 g/mol. The molecule has 0 aliphatic carbocycles. The van der Waals surface area contributed by atoms with Gasteiger partial charge in [0.1, 0.15) is 18.4 Å². The van der Waals surface area contributed by atoms with Gasteiger partial charge in [-0.25, -0.2) is 12.8 Å². The van der Waals surface area contributed by atoms with Crippen molar-refractivity contribution in [1.82, 2.24) is 10.2 Å². The number of sulfonamides is 1. The van der Waals surface area contributed by atoms with E-state index < -0.39 is 34.3 Å². The van der Waals surface area contributed by atoms with Crippen LogP contribution in [0.5, 0.6) is 0 Å². The molecule has 7 nitrogen and oxygen atoms in total. The van der Waals surface area contributed by atoms with Gasteiger partial charge < -0.3 is 10.2 Å². The van der Waals surface area contributed by atoms with Crippen LogP contribution in [0.3, 0.4) is 0 Å². The van der Waals surface area contributed by atoms with Crippen LogP contribution in [0.1, 0.15) is 25.0 Å². The number of hydrogen-bond acceptors (Lipinski definition) is 4. The van der Waals surface area contributed by atoms with Crippen LogP contribution in [0.2, 0.25) is 0 Å². The second-order valence-corrected chi connectivity index (χ2v) is 10.2. The molecule has 3 aromatic rings. The number of aryl methyl sites for hydroxylation is 1. The summed E-state index contributed by atoms with van der Waals surface area (Å²) in [5, 5.41) is 2.71. The van der Waals surface area contributed by atoms with E-state index in [0.29, 0.717) is 6.54 Å². The fourth-order valence-corrected chi connectivity index (χ4v) is 5.21. The number of benzene rings is 3. The third kappa shape index (κ3) is 6.09. The van der Waals surface area contributed by atoms with Gasteiger partial charge in [0, 0.05) is 13.1 Å². The van der Waals surface area contributed by atoms with E-state index in [9.17, 15) is 22.4 Å². The monoisotopic (exact) mass is 511 g/mol. The number of carbonyl (C=O) groups excluding carboxylic acids is 2. The maximum absolute atomic E-state index is 14.8. The quantitative estimate of drug-likeness (QED) is 0.448. The lowest BCUT2D eigenvalue weighted by atomic mass is 10.1. The predicted molar refractivity (Wildman–Crippen MR) is 137 cm³/mol. The number of halogens is 1. The van der Waals surface area contributed by atoms with E-state index in [2.05, 4.69) is 5.32 Å². The number of nitrogens with one attached hydrogen (secondary N) is 1. The van der Waals surface area contributed by atoms with Crippen molar-refractivity contribution in [2.24, 2.45) is 0 Å². The molecule has 0 aliphatic heterocycles. The summed E-state index contributed by atoms with van der Waals surface area (Å²) in [5.41, 5.74) is 1.47. The van der Waals surface area contributed by atoms with E-state index in [0.717, 1.165) is 21.5 Å². The average Bonchev–Trinajstić information content (AvgIpc) is 2.87. The molecular formula is C27H30FN3O4S. The fourth-order valence-electron chi connectivity index (χ4n) is 3.76. The zero-order valence-corrected chi connectivity index (χ0v) is 21.3. The molecule has 0 radical (unpaired) electrons. The Morgan fingerprint density at radius 1 is 0.944 bits per heavy atom. The molecule has 0 bridgehead atoms. The summed E-state index contributed by atoms with van der Waals surface area (Å²) in [6, 6.07) is 19.5. The van der Waals surface area contributed by atoms with Crippen molar-refractivity contribution in [3.8, 4) is 0 Å². The molecule has 2 amide bonds. The van der Waals surface area contributed by atoms with Crippen LogP contribution in [0.15, 0.2) is 83.8 Å². The maximum atomic E-state index is 14.8. The second kappa shape index (κ2) is 11.8. The lowest BCUT2D eigenvalue weighted by Crippen LogP contribution is -2.51. The topological polar surface area (TPSA) is 86.8 Å². The molecule has 0 spiro atoms. The van der Waals surface area contributed by atoms with Gasteiger partial charge in [-0.15, -0.1) is 0 Å². The van der Waals surface area contributed by atoms with Crippen molar-refractivity contribution in [3.05, 3.63) is 95.8 Å². The van der Waals surface area contributed by atoms with E-state index in [1.54, 1.807) is 32.0 Å². The number of rotatable bonds is 10. The molecule has 9 heteroatoms. The highest BCUT2D eigenvalue weighted by Crippen LogP contribution is 2.27. The molecule has 3 rings (SSSR count). The van der Waals surface area contributed by atoms with Crippen molar-refractivity contribution < 1.29 is 22.4 Å². The normalized spacial score (nSPS) is 12.0. The Hall–Kier alpha value is -3.72. The molecule has 0 heterocycles. The third-order valence-electron chi connectivity index (χ3n) is 5.85. The van der Waals surface area contributed by atoms with Gasteiger partial charge in [-0.1, -0.05) is 54.6 Å². The fraction of sp³-hybridized carbons (Fsp3) is 0.259. The smallest absolute Gasteiger partial charge is 0.264 e. The lowest BCUT2D eigenvalue weighted by molar-refractivity contribution is -0.139. The number of nitrogens with zero attached hydrogens (tertiary/aromatic N) is 2. The first-order valence-electron chi connectivity index (χ1n) is 11.6. The highest BCUT2D eigenvalue weighted by molar-refractivity contribution is 7.92. The average molecular weight is 512 g/mol. The minimum absolute atomic E-state index is 0.0803. The summed E-state index contributed by atoms with van der Waals surface area (Å²) in [6.07, 6.45) is 0. The lowest BCUT2D eigenvalue weighted by Gasteiger charge is -2.32. The third-order valence-corrected chi connectivity index (χ3v) is 7.63. The van der Waals surface area contributed by atoms with Crippen LogP contribution in [0, 0.1) is 12.7 Å². The van der Waals surface area contributed by atoms with Crippen molar-refractivity contribution in [2.45, 2.75) is 38.3 Å². The highest BCUT2D eigenvalue weighted by atomic mass is 32.2. The molecule has 0 saturated heterocycles. The molecule has 1 atom stereocenters. The van der Waals surface area contributed by atoms with Gasteiger partial charge in [0.15, 0.2) is 0 Å². The minimum Gasteiger partial charge on any atom is -0.355 e. The molecule has 1 N–H and O–H groups in total. The van der Waals surface area contributed by atoms with Crippen molar-refractivity contribution in [1.29, 1.82) is 0 Å². The van der Waals surface area contributed by atoms with Crippen molar-refractivity contribution in [2.75, 3.05) is 17.4 Å². The first kappa shape index (κ1) is 26.9. The Kier molecular flexibility index (Phi) is 8.82. The molecule has 0 aliphatic rings. The number of amides is 2. The number of likely N-dealkylation sites (N-methyl/N-ethyl adjacent to an activating group) is 1. The summed E-state index contributed by atoms with van der Waals surface area (Å²) >= 11 is 0. The second-order valence-electron chi connectivity index (χ2n) is 8.29. The first-order chi connectivity index (χ1) is 17.2. The molecule has 0 aromatic heterocycles. The standard InChI is InChI=1S/C27H30FN3O4S/c1-4-29-27(33)21(3)30(18-22-13-9-8-12-20(22)2)26(32)19-31(25-17-11-10-16-24(25)28)36(34,35)23-14-6-5-7-15-23/h5-17,21H,4,18-19H2,1-3H3,(H,29,33). The molecule has 3 aromatic carbocycles. The van der Waals surface area contributed by atoms with Gasteiger partial charge >= 0.3 is 0 Å². The van der Waals surface area contributed by atoms with Gasteiger partial charge in [-0.05, 0) is 56.2 Å². The molecule has 36 heavy (non-hydrogen) atoms. The largest absolute Gasteiger partial charge is 0.355 e. The van der Waals surface area contributed by atoms with E-state index >= 15 is 0 Å². The van der Waals surface area contributed by atoms with Gasteiger partial charge in [0.25, 0.3) is 10.0 Å². The molecule has 190 valence electrons. The van der Waals surface area contributed by atoms with Crippen LogP contribution in [-0.4, -0.2) is 44.3 Å². The van der Waals surface area contributed by atoms with Crippen molar-refractivity contribution in [3.63, 3.8) is 0 Å². The summed E-state index contributed by atoms with van der Waals surface area (Å²) < 4.78 is 42.7. The van der Waals surface area contributed by atoms with Gasteiger partial charge in [0.05, 0.1) is 10.6 Å². The molecule has 0 fully saturated rings. The maximum Gasteiger partial charge on any atom is 0.264 e. The van der Waals surface area contributed by atoms with E-state index in [4.69, 9.17) is 0 Å². The highest BCUT2D eigenvalue weighted by Gasteiger charge is 2.33. The Bertz CT molecular complexity index is 1320. The summed E-state index contributed by atoms with van der Waals surface area (Å²) in [4.78, 5) is 27.6. The Labute approximate surface area is 211 Å². The van der Waals surface area contributed by atoms with Crippen LogP contribution in [-0.2, 0) is 26.2 Å².